The SMILES string of the molecule is COC(=O)CN(CC(=O)OC)C(=O)Cc1c(C)nn(-c2nc(C)cc(C)n2)c1C. The Bertz CT molecular complexity index is 899. The van der Waals surface area contributed by atoms with Gasteiger partial charge in [0, 0.05) is 22.6 Å². The predicted molar refractivity (Wildman–Crippen MR) is 102 cm³/mol. The molecule has 2 rings (SSSR count). The third-order valence-electron chi connectivity index (χ3n) is 4.38. The Balaban J connectivity index is 2.31. The fourth-order valence-electron chi connectivity index (χ4n) is 2.86. The van der Waals surface area contributed by atoms with Crippen molar-refractivity contribution in [1.82, 2.24) is 24.6 Å². The van der Waals surface area contributed by atoms with E-state index in [0.29, 0.717) is 22.9 Å². The van der Waals surface area contributed by atoms with E-state index in [9.17, 15) is 14.4 Å². The predicted octanol–water partition coefficient (Wildman–Crippen LogP) is 0.613. The molecule has 0 atom stereocenters. The van der Waals surface area contributed by atoms with Crippen molar-refractivity contribution in [1.29, 1.82) is 0 Å². The van der Waals surface area contributed by atoms with Gasteiger partial charge in [0.25, 0.3) is 5.95 Å². The maximum Gasteiger partial charge on any atom is 0.325 e. The highest BCUT2D eigenvalue weighted by molar-refractivity contribution is 5.87. The van der Waals surface area contributed by atoms with Crippen LogP contribution in [-0.2, 0) is 30.3 Å². The second-order valence-corrected chi connectivity index (χ2v) is 6.59. The molecule has 0 unspecified atom stereocenters. The minimum Gasteiger partial charge on any atom is -0.468 e. The molecule has 0 aliphatic rings. The molecule has 0 aromatic carbocycles. The minimum absolute atomic E-state index is 0.0452. The number of aromatic nitrogens is 4. The van der Waals surface area contributed by atoms with Crippen LogP contribution in [0.4, 0.5) is 0 Å². The molecule has 10 nitrogen and oxygen atoms in total. The van der Waals surface area contributed by atoms with Gasteiger partial charge in [0.1, 0.15) is 13.1 Å². The number of aryl methyl sites for hydroxylation is 3. The molecule has 156 valence electrons. The minimum atomic E-state index is -0.630. The van der Waals surface area contributed by atoms with E-state index in [2.05, 4.69) is 24.5 Å². The molecule has 29 heavy (non-hydrogen) atoms. The largest absolute Gasteiger partial charge is 0.468 e. The number of ether oxygens (including phenoxy) is 2. The lowest BCUT2D eigenvalue weighted by molar-refractivity contribution is -0.151. The number of nitrogens with zero attached hydrogens (tertiary/aromatic N) is 5. The van der Waals surface area contributed by atoms with Crippen LogP contribution in [-0.4, -0.2) is 69.8 Å². The monoisotopic (exact) mass is 403 g/mol. The highest BCUT2D eigenvalue weighted by atomic mass is 16.5. The van der Waals surface area contributed by atoms with Gasteiger partial charge in [-0.05, 0) is 33.8 Å². The molecular weight excluding hydrogens is 378 g/mol. The van der Waals surface area contributed by atoms with Crippen LogP contribution in [0.2, 0.25) is 0 Å². The molecule has 2 aromatic rings. The number of hydrogen-bond donors (Lipinski definition) is 0. The van der Waals surface area contributed by atoms with Gasteiger partial charge in [-0.3, -0.25) is 14.4 Å². The first-order valence-corrected chi connectivity index (χ1v) is 8.95. The summed E-state index contributed by atoms with van der Waals surface area (Å²) in [7, 11) is 2.43. The molecule has 1 amide bonds. The standard InChI is InChI=1S/C19H25N5O5/c1-11-7-12(2)21-19(20-11)24-14(4)15(13(3)22-24)8-16(25)23(9-17(26)28-5)10-18(27)29-6/h7H,8-10H2,1-6H3. The third-order valence-corrected chi connectivity index (χ3v) is 4.38. The average molecular weight is 403 g/mol. The molecule has 0 fully saturated rings. The quantitative estimate of drug-likeness (QED) is 0.618. The Morgan fingerprint density at radius 1 is 0.966 bits per heavy atom. The Labute approximate surface area is 168 Å². The van der Waals surface area contributed by atoms with E-state index in [0.717, 1.165) is 16.3 Å². The lowest BCUT2D eigenvalue weighted by Crippen LogP contribution is -2.41. The Kier molecular flexibility index (Phi) is 7.03. The number of rotatable bonds is 7. The third kappa shape index (κ3) is 5.37. The summed E-state index contributed by atoms with van der Waals surface area (Å²) in [5, 5.41) is 4.47. The first-order chi connectivity index (χ1) is 13.7. The van der Waals surface area contributed by atoms with E-state index in [1.807, 2.05) is 26.8 Å². The Morgan fingerprint density at radius 3 is 1.97 bits per heavy atom. The summed E-state index contributed by atoms with van der Waals surface area (Å²) in [6.07, 6.45) is -0.0452. The summed E-state index contributed by atoms with van der Waals surface area (Å²) < 4.78 is 10.8. The summed E-state index contributed by atoms with van der Waals surface area (Å²) in [5.74, 6) is -1.26. The second-order valence-electron chi connectivity index (χ2n) is 6.59. The highest BCUT2D eigenvalue weighted by Gasteiger charge is 2.24. The van der Waals surface area contributed by atoms with Crippen LogP contribution in [0, 0.1) is 27.7 Å². The van der Waals surface area contributed by atoms with Gasteiger partial charge in [-0.15, -0.1) is 0 Å². The van der Waals surface area contributed by atoms with Gasteiger partial charge in [-0.2, -0.15) is 5.10 Å². The summed E-state index contributed by atoms with van der Waals surface area (Å²) in [6, 6.07) is 1.86. The van der Waals surface area contributed by atoms with Gasteiger partial charge in [0.05, 0.1) is 26.3 Å². The lowest BCUT2D eigenvalue weighted by Gasteiger charge is -2.20. The van der Waals surface area contributed by atoms with Gasteiger partial charge in [-0.1, -0.05) is 0 Å². The summed E-state index contributed by atoms with van der Waals surface area (Å²) in [6.45, 7) is 6.62. The van der Waals surface area contributed by atoms with Crippen LogP contribution in [0.3, 0.4) is 0 Å². The fraction of sp³-hybridized carbons (Fsp3) is 0.474. The first kappa shape index (κ1) is 22.0. The topological polar surface area (TPSA) is 117 Å². The average Bonchev–Trinajstić information content (AvgIpc) is 2.94. The van der Waals surface area contributed by atoms with Crippen molar-refractivity contribution in [3.8, 4) is 5.95 Å². The zero-order chi connectivity index (χ0) is 21.7. The summed E-state index contributed by atoms with van der Waals surface area (Å²) in [5.41, 5.74) is 3.63. The van der Waals surface area contributed by atoms with E-state index in [4.69, 9.17) is 0 Å². The Hall–Kier alpha value is -3.30. The molecule has 2 aromatic heterocycles. The van der Waals surface area contributed by atoms with E-state index in [1.165, 1.54) is 14.2 Å². The fourth-order valence-corrected chi connectivity index (χ4v) is 2.86. The molecule has 0 saturated carbocycles. The molecule has 2 heterocycles. The van der Waals surface area contributed by atoms with Gasteiger partial charge < -0.3 is 14.4 Å². The molecule has 0 bridgehead atoms. The first-order valence-electron chi connectivity index (χ1n) is 8.95. The van der Waals surface area contributed by atoms with Crippen molar-refractivity contribution >= 4 is 17.8 Å². The van der Waals surface area contributed by atoms with E-state index in [1.54, 1.807) is 11.6 Å². The lowest BCUT2D eigenvalue weighted by atomic mass is 10.1. The number of esters is 2. The van der Waals surface area contributed by atoms with Crippen LogP contribution in [0.1, 0.15) is 28.3 Å². The maximum absolute atomic E-state index is 12.8. The number of carbonyl (C=O) groups is 3. The number of carbonyl (C=O) groups excluding carboxylic acids is 3. The number of amides is 1. The highest BCUT2D eigenvalue weighted by Crippen LogP contribution is 2.18. The number of hydrogen-bond acceptors (Lipinski definition) is 8. The van der Waals surface area contributed by atoms with Crippen molar-refractivity contribution in [2.75, 3.05) is 27.3 Å². The van der Waals surface area contributed by atoms with E-state index < -0.39 is 17.8 Å². The summed E-state index contributed by atoms with van der Waals surface area (Å²) >= 11 is 0. The van der Waals surface area contributed by atoms with Crippen molar-refractivity contribution < 1.29 is 23.9 Å². The van der Waals surface area contributed by atoms with Crippen molar-refractivity contribution in [3.63, 3.8) is 0 Å². The molecule has 0 saturated heterocycles. The van der Waals surface area contributed by atoms with Crippen LogP contribution < -0.4 is 0 Å². The van der Waals surface area contributed by atoms with Crippen molar-refractivity contribution in [2.24, 2.45) is 0 Å². The van der Waals surface area contributed by atoms with Gasteiger partial charge in [-0.25, -0.2) is 14.6 Å². The van der Waals surface area contributed by atoms with Gasteiger partial charge in [0.2, 0.25) is 5.91 Å². The van der Waals surface area contributed by atoms with Crippen LogP contribution >= 0.6 is 0 Å². The zero-order valence-corrected chi connectivity index (χ0v) is 17.5. The van der Waals surface area contributed by atoms with Crippen LogP contribution in [0.25, 0.3) is 5.95 Å². The van der Waals surface area contributed by atoms with Crippen molar-refractivity contribution in [2.45, 2.75) is 34.1 Å². The maximum atomic E-state index is 12.8. The molecule has 0 aliphatic carbocycles. The molecule has 10 heteroatoms. The smallest absolute Gasteiger partial charge is 0.325 e. The normalized spacial score (nSPS) is 10.6. The van der Waals surface area contributed by atoms with Crippen LogP contribution in [0.5, 0.6) is 0 Å². The van der Waals surface area contributed by atoms with Gasteiger partial charge in [0.15, 0.2) is 0 Å². The molecule has 0 radical (unpaired) electrons. The zero-order valence-electron chi connectivity index (χ0n) is 17.5. The van der Waals surface area contributed by atoms with Gasteiger partial charge >= 0.3 is 11.9 Å². The van der Waals surface area contributed by atoms with Crippen molar-refractivity contribution in [3.05, 3.63) is 34.4 Å². The molecule has 0 spiro atoms. The van der Waals surface area contributed by atoms with Crippen LogP contribution in [0.15, 0.2) is 6.07 Å². The number of methoxy groups -OCH3 is 2. The van der Waals surface area contributed by atoms with E-state index in [-0.39, 0.29) is 19.5 Å². The van der Waals surface area contributed by atoms with E-state index >= 15 is 0 Å². The molecule has 0 N–H and O–H groups in total. The second kappa shape index (κ2) is 9.26. The summed E-state index contributed by atoms with van der Waals surface area (Å²) in [4.78, 5) is 46.0. The molecule has 0 aliphatic heterocycles. The Morgan fingerprint density at radius 2 is 1.48 bits per heavy atom. The molecular formula is C19H25N5O5.